The van der Waals surface area contributed by atoms with E-state index in [-0.39, 0.29) is 12.1 Å². The molecule has 3 N–H and O–H groups in total. The van der Waals surface area contributed by atoms with Crippen LogP contribution in [0, 0.1) is 11.6 Å². The molecule has 0 saturated heterocycles. The third-order valence-corrected chi connectivity index (χ3v) is 2.21. The molecule has 0 aliphatic rings. The lowest BCUT2D eigenvalue weighted by Crippen LogP contribution is -2.42. The lowest BCUT2D eigenvalue weighted by molar-refractivity contribution is -0.139. The van der Waals surface area contributed by atoms with Gasteiger partial charge in [-0.15, -0.1) is 6.58 Å². The Labute approximate surface area is 107 Å². The molecule has 0 fully saturated rings. The topological polar surface area (TPSA) is 78.4 Å². The summed E-state index contributed by atoms with van der Waals surface area (Å²) in [6, 6.07) is 1.14. The van der Waals surface area contributed by atoms with Crippen molar-refractivity contribution in [1.29, 1.82) is 0 Å². The van der Waals surface area contributed by atoms with Gasteiger partial charge in [-0.1, -0.05) is 12.1 Å². The number of carboxylic acids is 1. The predicted octanol–water partition coefficient (Wildman–Crippen LogP) is 2.12. The fraction of sp³-hybridized carbons (Fsp3) is 0.167. The van der Waals surface area contributed by atoms with Crippen molar-refractivity contribution in [2.75, 3.05) is 5.32 Å². The molecule has 1 atom stereocenters. The van der Waals surface area contributed by atoms with E-state index in [2.05, 4.69) is 11.9 Å². The average molecular weight is 270 g/mol. The van der Waals surface area contributed by atoms with Crippen molar-refractivity contribution in [2.24, 2.45) is 0 Å². The second-order valence-electron chi connectivity index (χ2n) is 3.62. The van der Waals surface area contributed by atoms with Crippen LogP contribution in [0.5, 0.6) is 0 Å². The molecule has 0 aliphatic carbocycles. The third kappa shape index (κ3) is 4.06. The van der Waals surface area contributed by atoms with Gasteiger partial charge < -0.3 is 15.7 Å². The third-order valence-electron chi connectivity index (χ3n) is 2.21. The van der Waals surface area contributed by atoms with Crippen molar-refractivity contribution in [3.8, 4) is 0 Å². The SMILES string of the molecule is C=CCC(NC(=O)Nc1cccc(F)c1F)C(=O)O. The van der Waals surface area contributed by atoms with Crippen LogP contribution in [0.4, 0.5) is 19.3 Å². The molecular weight excluding hydrogens is 258 g/mol. The van der Waals surface area contributed by atoms with Crippen LogP contribution in [0.2, 0.25) is 0 Å². The van der Waals surface area contributed by atoms with E-state index in [1.807, 2.05) is 5.32 Å². The highest BCUT2D eigenvalue weighted by molar-refractivity contribution is 5.92. The van der Waals surface area contributed by atoms with E-state index in [1.165, 1.54) is 12.1 Å². The summed E-state index contributed by atoms with van der Waals surface area (Å²) in [5.74, 6) is -3.58. The molecule has 0 bridgehead atoms. The second kappa shape index (κ2) is 6.48. The summed E-state index contributed by atoms with van der Waals surface area (Å²) in [5.41, 5.74) is -0.375. The Balaban J connectivity index is 2.71. The number of hydrogen-bond donors (Lipinski definition) is 3. The quantitative estimate of drug-likeness (QED) is 0.717. The smallest absolute Gasteiger partial charge is 0.326 e. The van der Waals surface area contributed by atoms with E-state index in [1.54, 1.807) is 0 Å². The van der Waals surface area contributed by atoms with Crippen molar-refractivity contribution in [3.63, 3.8) is 0 Å². The highest BCUT2D eigenvalue weighted by Crippen LogP contribution is 2.16. The van der Waals surface area contributed by atoms with Crippen LogP contribution in [0.1, 0.15) is 6.42 Å². The fourth-order valence-electron chi connectivity index (χ4n) is 1.31. The van der Waals surface area contributed by atoms with Gasteiger partial charge >= 0.3 is 12.0 Å². The first-order valence-corrected chi connectivity index (χ1v) is 5.31. The van der Waals surface area contributed by atoms with Gasteiger partial charge in [-0.2, -0.15) is 0 Å². The van der Waals surface area contributed by atoms with Gasteiger partial charge in [-0.3, -0.25) is 0 Å². The Morgan fingerprint density at radius 3 is 2.68 bits per heavy atom. The summed E-state index contributed by atoms with van der Waals surface area (Å²) in [7, 11) is 0. The Morgan fingerprint density at radius 1 is 1.42 bits per heavy atom. The van der Waals surface area contributed by atoms with Crippen LogP contribution < -0.4 is 10.6 Å². The number of benzene rings is 1. The van der Waals surface area contributed by atoms with Gasteiger partial charge in [0.05, 0.1) is 5.69 Å². The zero-order valence-electron chi connectivity index (χ0n) is 9.82. The number of halogens is 2. The van der Waals surface area contributed by atoms with Gasteiger partial charge in [0, 0.05) is 0 Å². The van der Waals surface area contributed by atoms with E-state index in [4.69, 9.17) is 5.11 Å². The number of anilines is 1. The summed E-state index contributed by atoms with van der Waals surface area (Å²) in [4.78, 5) is 22.2. The lowest BCUT2D eigenvalue weighted by Gasteiger charge is -2.13. The van der Waals surface area contributed by atoms with Gasteiger partial charge in [-0.25, -0.2) is 18.4 Å². The molecule has 1 rings (SSSR count). The highest BCUT2D eigenvalue weighted by Gasteiger charge is 2.19. The molecule has 0 aliphatic heterocycles. The van der Waals surface area contributed by atoms with E-state index >= 15 is 0 Å². The normalized spacial score (nSPS) is 11.5. The molecule has 0 heterocycles. The maximum absolute atomic E-state index is 13.3. The predicted molar refractivity (Wildman–Crippen MR) is 64.8 cm³/mol. The van der Waals surface area contributed by atoms with Crippen LogP contribution in [0.25, 0.3) is 0 Å². The summed E-state index contributed by atoms with van der Waals surface area (Å²) >= 11 is 0. The Morgan fingerprint density at radius 2 is 2.11 bits per heavy atom. The van der Waals surface area contributed by atoms with Crippen molar-refractivity contribution >= 4 is 17.7 Å². The zero-order chi connectivity index (χ0) is 14.4. The average Bonchev–Trinajstić information content (AvgIpc) is 2.34. The minimum atomic E-state index is -1.25. The molecule has 102 valence electrons. The number of amides is 2. The van der Waals surface area contributed by atoms with Crippen LogP contribution in [0.15, 0.2) is 30.9 Å². The molecule has 0 radical (unpaired) electrons. The maximum atomic E-state index is 13.3. The maximum Gasteiger partial charge on any atom is 0.326 e. The second-order valence-corrected chi connectivity index (χ2v) is 3.62. The van der Waals surface area contributed by atoms with Gasteiger partial charge in [0.25, 0.3) is 0 Å². The minimum absolute atomic E-state index is 0.00832. The van der Waals surface area contributed by atoms with Gasteiger partial charge in [0.1, 0.15) is 6.04 Å². The first kappa shape index (κ1) is 14.6. The zero-order valence-corrected chi connectivity index (χ0v) is 9.82. The van der Waals surface area contributed by atoms with Crippen molar-refractivity contribution < 1.29 is 23.5 Å². The highest BCUT2D eigenvalue weighted by atomic mass is 19.2. The molecule has 7 heteroatoms. The minimum Gasteiger partial charge on any atom is -0.480 e. The van der Waals surface area contributed by atoms with Gasteiger partial charge in [0.2, 0.25) is 0 Å². The van der Waals surface area contributed by atoms with Crippen molar-refractivity contribution in [1.82, 2.24) is 5.32 Å². The number of nitrogens with one attached hydrogen (secondary N) is 2. The summed E-state index contributed by atoms with van der Waals surface area (Å²) < 4.78 is 26.1. The molecule has 0 spiro atoms. The van der Waals surface area contributed by atoms with E-state index in [0.717, 1.165) is 12.1 Å². The Kier molecular flexibility index (Phi) is 4.99. The summed E-state index contributed by atoms with van der Waals surface area (Å²) in [6.45, 7) is 3.36. The molecule has 19 heavy (non-hydrogen) atoms. The van der Waals surface area contributed by atoms with Crippen molar-refractivity contribution in [2.45, 2.75) is 12.5 Å². The molecule has 1 aromatic rings. The van der Waals surface area contributed by atoms with Crippen LogP contribution >= 0.6 is 0 Å². The fourth-order valence-corrected chi connectivity index (χ4v) is 1.31. The van der Waals surface area contributed by atoms with Gasteiger partial charge in [-0.05, 0) is 18.6 Å². The summed E-state index contributed by atoms with van der Waals surface area (Å²) in [6.07, 6.45) is 1.33. The number of hydrogen-bond acceptors (Lipinski definition) is 2. The number of carboxylic acid groups (broad SMARTS) is 1. The van der Waals surface area contributed by atoms with Crippen LogP contribution in [0.3, 0.4) is 0 Å². The molecular formula is C12H12F2N2O3. The largest absolute Gasteiger partial charge is 0.480 e. The molecule has 2 amide bonds. The number of rotatable bonds is 5. The lowest BCUT2D eigenvalue weighted by atomic mass is 10.2. The molecule has 0 saturated carbocycles. The Bertz CT molecular complexity index is 506. The first-order valence-electron chi connectivity index (χ1n) is 5.31. The summed E-state index contributed by atoms with van der Waals surface area (Å²) in [5, 5.41) is 12.9. The first-order chi connectivity index (χ1) is 8.95. The van der Waals surface area contributed by atoms with Gasteiger partial charge in [0.15, 0.2) is 11.6 Å². The number of carbonyl (C=O) groups is 2. The molecule has 5 nitrogen and oxygen atoms in total. The number of aliphatic carboxylic acids is 1. The molecule has 0 aromatic heterocycles. The molecule has 1 aromatic carbocycles. The monoisotopic (exact) mass is 270 g/mol. The van der Waals surface area contributed by atoms with E-state index < -0.39 is 29.7 Å². The number of urea groups is 1. The van der Waals surface area contributed by atoms with Crippen LogP contribution in [-0.4, -0.2) is 23.1 Å². The molecule has 1 unspecified atom stereocenters. The number of carbonyl (C=O) groups excluding carboxylic acids is 1. The Hall–Kier alpha value is -2.44. The van der Waals surface area contributed by atoms with Crippen LogP contribution in [-0.2, 0) is 4.79 Å². The van der Waals surface area contributed by atoms with E-state index in [9.17, 15) is 18.4 Å². The van der Waals surface area contributed by atoms with Crippen molar-refractivity contribution in [3.05, 3.63) is 42.5 Å². The van der Waals surface area contributed by atoms with E-state index in [0.29, 0.717) is 0 Å². The standard InChI is InChI=1S/C12H12F2N2O3/c1-2-4-9(11(17)18)16-12(19)15-8-6-3-5-7(13)10(8)14/h2-3,5-6,9H,1,4H2,(H,17,18)(H2,15,16,19).